The Morgan fingerprint density at radius 1 is 1.09 bits per heavy atom. The number of halogens is 3. The van der Waals surface area contributed by atoms with Crippen LogP contribution in [-0.4, -0.2) is 50.6 Å². The Kier molecular flexibility index (Phi) is 4.20. The van der Waals surface area contributed by atoms with E-state index in [1.807, 2.05) is 17.8 Å². The predicted octanol–water partition coefficient (Wildman–Crippen LogP) is 1.55. The summed E-state index contributed by atoms with van der Waals surface area (Å²) in [6.07, 6.45) is 0.354. The lowest BCUT2D eigenvalue weighted by Gasteiger charge is -2.34. The summed E-state index contributed by atoms with van der Waals surface area (Å²) in [5.41, 5.74) is -0.905. The first-order chi connectivity index (χ1) is 10.9. The van der Waals surface area contributed by atoms with Gasteiger partial charge in [-0.1, -0.05) is 0 Å². The number of rotatable bonds is 3. The van der Waals surface area contributed by atoms with Crippen LogP contribution in [0, 0.1) is 0 Å². The molecule has 0 spiro atoms. The highest BCUT2D eigenvalue weighted by Gasteiger charge is 2.33. The Morgan fingerprint density at radius 2 is 1.83 bits per heavy atom. The maximum atomic E-state index is 12.7. The minimum absolute atomic E-state index is 0.136. The quantitative estimate of drug-likeness (QED) is 0.857. The molecule has 0 N–H and O–H groups in total. The van der Waals surface area contributed by atoms with Crippen molar-refractivity contribution in [2.75, 3.05) is 31.1 Å². The third-order valence-electron chi connectivity index (χ3n) is 3.87. The van der Waals surface area contributed by atoms with E-state index in [4.69, 9.17) is 0 Å². The number of anilines is 1. The van der Waals surface area contributed by atoms with Crippen LogP contribution < -0.4 is 4.90 Å². The molecule has 124 valence electrons. The average molecular weight is 326 g/mol. The first kappa shape index (κ1) is 15.7. The molecule has 0 bridgehead atoms. The molecule has 2 aromatic heterocycles. The van der Waals surface area contributed by atoms with Gasteiger partial charge in [-0.25, -0.2) is 15.0 Å². The van der Waals surface area contributed by atoms with E-state index in [0.29, 0.717) is 13.1 Å². The largest absolute Gasteiger partial charge is 0.433 e. The normalized spacial score (nSPS) is 16.8. The summed E-state index contributed by atoms with van der Waals surface area (Å²) in [5.74, 6) is 1.10. The third-order valence-corrected chi connectivity index (χ3v) is 3.87. The molecule has 9 heteroatoms. The van der Waals surface area contributed by atoms with Crippen molar-refractivity contribution in [3.8, 4) is 0 Å². The number of hydrogen-bond acceptors (Lipinski definition) is 5. The van der Waals surface area contributed by atoms with Crippen LogP contribution in [0.3, 0.4) is 0 Å². The van der Waals surface area contributed by atoms with Gasteiger partial charge in [-0.2, -0.15) is 13.2 Å². The Balaban J connectivity index is 1.62. The molecule has 2 aromatic rings. The van der Waals surface area contributed by atoms with E-state index in [-0.39, 0.29) is 5.95 Å². The summed E-state index contributed by atoms with van der Waals surface area (Å²) in [7, 11) is 1.94. The summed E-state index contributed by atoms with van der Waals surface area (Å²) in [6.45, 7) is 3.36. The fourth-order valence-corrected chi connectivity index (χ4v) is 2.51. The second-order valence-corrected chi connectivity index (χ2v) is 5.46. The highest BCUT2D eigenvalue weighted by molar-refractivity contribution is 5.31. The second-order valence-electron chi connectivity index (χ2n) is 5.46. The van der Waals surface area contributed by atoms with Gasteiger partial charge in [0.25, 0.3) is 0 Å². The van der Waals surface area contributed by atoms with Crippen LogP contribution in [0.2, 0.25) is 0 Å². The lowest BCUT2D eigenvalue weighted by atomic mass is 10.3. The van der Waals surface area contributed by atoms with E-state index < -0.39 is 11.9 Å². The van der Waals surface area contributed by atoms with Gasteiger partial charge >= 0.3 is 6.18 Å². The number of alkyl halides is 3. The fourth-order valence-electron chi connectivity index (χ4n) is 2.51. The zero-order valence-corrected chi connectivity index (χ0v) is 12.7. The van der Waals surface area contributed by atoms with E-state index in [2.05, 4.69) is 19.9 Å². The molecule has 1 saturated heterocycles. The first-order valence-electron chi connectivity index (χ1n) is 7.27. The Hall–Kier alpha value is -2.16. The van der Waals surface area contributed by atoms with E-state index >= 15 is 0 Å². The van der Waals surface area contributed by atoms with Gasteiger partial charge in [-0.3, -0.25) is 4.90 Å². The van der Waals surface area contributed by atoms with Crippen molar-refractivity contribution in [3.63, 3.8) is 0 Å². The number of aryl methyl sites for hydroxylation is 1. The van der Waals surface area contributed by atoms with Gasteiger partial charge in [0.2, 0.25) is 5.95 Å². The van der Waals surface area contributed by atoms with Gasteiger partial charge in [0.15, 0.2) is 0 Å². The van der Waals surface area contributed by atoms with Gasteiger partial charge < -0.3 is 9.47 Å². The van der Waals surface area contributed by atoms with Gasteiger partial charge in [0, 0.05) is 51.8 Å². The third kappa shape index (κ3) is 3.61. The molecule has 23 heavy (non-hydrogen) atoms. The van der Waals surface area contributed by atoms with Gasteiger partial charge in [-0.05, 0) is 6.07 Å². The van der Waals surface area contributed by atoms with Crippen LogP contribution in [0.15, 0.2) is 24.7 Å². The van der Waals surface area contributed by atoms with Crippen molar-refractivity contribution in [1.82, 2.24) is 24.4 Å². The Labute approximate surface area is 131 Å². The van der Waals surface area contributed by atoms with Crippen LogP contribution in [0.1, 0.15) is 11.5 Å². The fraction of sp³-hybridized carbons (Fsp3) is 0.500. The molecule has 0 aromatic carbocycles. The molecule has 1 aliphatic rings. The SMILES string of the molecule is Cn1ccnc1CN1CCN(c2nccc(C(F)(F)F)n2)CC1. The minimum Gasteiger partial charge on any atom is -0.338 e. The molecule has 0 saturated carbocycles. The van der Waals surface area contributed by atoms with E-state index in [1.165, 1.54) is 0 Å². The molecule has 0 radical (unpaired) electrons. The molecule has 0 amide bonds. The number of hydrogen-bond donors (Lipinski definition) is 0. The molecule has 1 aliphatic heterocycles. The standard InChI is InChI=1S/C14H17F3N6/c1-21-5-4-18-12(21)10-22-6-8-23(9-7-22)13-19-3-2-11(20-13)14(15,16)17/h2-5H,6-10H2,1H3. The van der Waals surface area contributed by atoms with Crippen molar-refractivity contribution in [1.29, 1.82) is 0 Å². The average Bonchev–Trinajstić information content (AvgIpc) is 2.92. The molecular formula is C14H17F3N6. The van der Waals surface area contributed by atoms with Crippen molar-refractivity contribution >= 4 is 5.95 Å². The zero-order chi connectivity index (χ0) is 16.4. The molecule has 3 rings (SSSR count). The maximum Gasteiger partial charge on any atom is 0.433 e. The summed E-state index contributed by atoms with van der Waals surface area (Å²) < 4.78 is 40.1. The van der Waals surface area contributed by atoms with Gasteiger partial charge in [0.1, 0.15) is 11.5 Å². The van der Waals surface area contributed by atoms with Crippen molar-refractivity contribution in [3.05, 3.63) is 36.2 Å². The van der Waals surface area contributed by atoms with Gasteiger partial charge in [0.05, 0.1) is 6.54 Å². The summed E-state index contributed by atoms with van der Waals surface area (Å²) in [5, 5.41) is 0. The highest BCUT2D eigenvalue weighted by atomic mass is 19.4. The monoisotopic (exact) mass is 326 g/mol. The molecule has 0 aliphatic carbocycles. The van der Waals surface area contributed by atoms with E-state index in [0.717, 1.165) is 37.7 Å². The van der Waals surface area contributed by atoms with Gasteiger partial charge in [-0.15, -0.1) is 0 Å². The van der Waals surface area contributed by atoms with E-state index in [1.54, 1.807) is 11.1 Å². The molecular weight excluding hydrogens is 309 g/mol. The number of imidazole rings is 1. The van der Waals surface area contributed by atoms with Crippen LogP contribution in [0.25, 0.3) is 0 Å². The lowest BCUT2D eigenvalue weighted by Crippen LogP contribution is -2.46. The van der Waals surface area contributed by atoms with Crippen molar-refractivity contribution < 1.29 is 13.2 Å². The van der Waals surface area contributed by atoms with Crippen LogP contribution in [0.4, 0.5) is 19.1 Å². The highest BCUT2D eigenvalue weighted by Crippen LogP contribution is 2.28. The maximum absolute atomic E-state index is 12.7. The number of piperazine rings is 1. The summed E-state index contributed by atoms with van der Waals surface area (Å²) in [4.78, 5) is 15.9. The van der Waals surface area contributed by atoms with Crippen LogP contribution in [0.5, 0.6) is 0 Å². The summed E-state index contributed by atoms with van der Waals surface area (Å²) in [6, 6.07) is 0.890. The molecule has 0 atom stereocenters. The Morgan fingerprint density at radius 3 is 2.43 bits per heavy atom. The lowest BCUT2D eigenvalue weighted by molar-refractivity contribution is -0.141. The smallest absolute Gasteiger partial charge is 0.338 e. The minimum atomic E-state index is -4.45. The van der Waals surface area contributed by atoms with Crippen molar-refractivity contribution in [2.24, 2.45) is 7.05 Å². The molecule has 1 fully saturated rings. The van der Waals surface area contributed by atoms with Crippen molar-refractivity contribution in [2.45, 2.75) is 12.7 Å². The van der Waals surface area contributed by atoms with Crippen LogP contribution >= 0.6 is 0 Å². The molecule has 0 unspecified atom stereocenters. The zero-order valence-electron chi connectivity index (χ0n) is 12.7. The van der Waals surface area contributed by atoms with E-state index in [9.17, 15) is 13.2 Å². The number of aromatic nitrogens is 4. The Bertz CT molecular complexity index is 661. The molecule has 3 heterocycles. The number of nitrogens with zero attached hydrogens (tertiary/aromatic N) is 6. The predicted molar refractivity (Wildman–Crippen MR) is 77.7 cm³/mol. The first-order valence-corrected chi connectivity index (χ1v) is 7.27. The topological polar surface area (TPSA) is 50.1 Å². The molecule has 6 nitrogen and oxygen atoms in total. The summed E-state index contributed by atoms with van der Waals surface area (Å²) >= 11 is 0. The second kappa shape index (κ2) is 6.15. The van der Waals surface area contributed by atoms with Crippen LogP contribution in [-0.2, 0) is 19.8 Å².